The smallest absolute Gasteiger partial charge is 0.318 e. The van der Waals surface area contributed by atoms with Gasteiger partial charge in [0.05, 0.1) is 5.69 Å². The van der Waals surface area contributed by atoms with Crippen molar-refractivity contribution in [1.29, 1.82) is 0 Å². The minimum atomic E-state index is -0.729. The lowest BCUT2D eigenvalue weighted by Crippen LogP contribution is -2.56. The Labute approximate surface area is 291 Å². The zero-order chi connectivity index (χ0) is 33.6. The number of ether oxygens (including phenoxy) is 1. The predicted molar refractivity (Wildman–Crippen MR) is 189 cm³/mol. The minimum absolute atomic E-state index is 0.0780. The molecule has 2 saturated heterocycles. The lowest BCUT2D eigenvalue weighted by Gasteiger charge is -2.42. The molecule has 2 atom stereocenters. The third-order valence-corrected chi connectivity index (χ3v) is 11.5. The second-order valence-electron chi connectivity index (χ2n) is 14.3. The van der Waals surface area contributed by atoms with Gasteiger partial charge in [-0.1, -0.05) is 62.4 Å². The number of urea groups is 1. The number of likely N-dealkylation sites (tertiary alicyclic amines) is 2. The maximum atomic E-state index is 14.1. The SMILES string of the molecule is CC[C@H](COc1cccnc1C1CCN(C(=O)[C@@H](Cc2ccc(Cl)cc2Cl)NC(=O)N2CCC(CC)(CC3CC3)CC2)CC1)N(C)C. The molecule has 0 unspecified atom stereocenters. The van der Waals surface area contributed by atoms with E-state index in [1.54, 1.807) is 12.1 Å². The predicted octanol–water partition coefficient (Wildman–Crippen LogP) is 7.43. The molecular weight excluding hydrogens is 633 g/mol. The van der Waals surface area contributed by atoms with Crippen molar-refractivity contribution in [3.8, 4) is 5.75 Å². The van der Waals surface area contributed by atoms with Crippen LogP contribution in [0.5, 0.6) is 5.75 Å². The average Bonchev–Trinajstić information content (AvgIpc) is 3.89. The number of hydrogen-bond acceptors (Lipinski definition) is 5. The molecule has 2 aliphatic heterocycles. The Morgan fingerprint density at radius 3 is 2.38 bits per heavy atom. The number of amides is 3. The van der Waals surface area contributed by atoms with Crippen LogP contribution >= 0.6 is 23.2 Å². The van der Waals surface area contributed by atoms with Crippen molar-refractivity contribution in [3.05, 3.63) is 57.8 Å². The normalized spacial score (nSPS) is 19.8. The Bertz CT molecular complexity index is 1350. The van der Waals surface area contributed by atoms with Gasteiger partial charge >= 0.3 is 6.03 Å². The van der Waals surface area contributed by atoms with Gasteiger partial charge in [0.1, 0.15) is 18.4 Å². The third kappa shape index (κ3) is 9.33. The topological polar surface area (TPSA) is 78.0 Å². The molecule has 1 saturated carbocycles. The standard InChI is InChI=1S/C37H53Cl2N5O3/c1-5-30(42(3)4)25-47-33-8-7-17-40-34(33)27-13-18-43(19-14-27)35(45)32(22-28-11-12-29(38)23-31(28)39)41-36(46)44-20-15-37(6-2,16-21-44)24-26-9-10-26/h7-8,11-12,17,23,26-27,30,32H,5-6,9-10,13-16,18-22,24-25H2,1-4H3,(H,41,46)/t30-,32-/m1/s1. The zero-order valence-corrected chi connectivity index (χ0v) is 30.2. The summed E-state index contributed by atoms with van der Waals surface area (Å²) in [6.07, 6.45) is 11.9. The molecule has 3 amide bonds. The van der Waals surface area contributed by atoms with Crippen molar-refractivity contribution in [3.63, 3.8) is 0 Å². The maximum Gasteiger partial charge on any atom is 0.318 e. The summed E-state index contributed by atoms with van der Waals surface area (Å²) in [4.78, 5) is 38.5. The lowest BCUT2D eigenvalue weighted by atomic mass is 9.72. The Balaban J connectivity index is 1.24. The van der Waals surface area contributed by atoms with Crippen LogP contribution in [0.2, 0.25) is 10.0 Å². The Morgan fingerprint density at radius 1 is 1.04 bits per heavy atom. The molecule has 3 heterocycles. The summed E-state index contributed by atoms with van der Waals surface area (Å²) in [5.74, 6) is 1.81. The van der Waals surface area contributed by atoms with Crippen molar-refractivity contribution in [2.24, 2.45) is 11.3 Å². The number of nitrogens with one attached hydrogen (secondary N) is 1. The zero-order valence-electron chi connectivity index (χ0n) is 28.6. The van der Waals surface area contributed by atoms with Gasteiger partial charge in [-0.05, 0) is 93.8 Å². The molecule has 47 heavy (non-hydrogen) atoms. The second-order valence-corrected chi connectivity index (χ2v) is 15.1. The molecular formula is C37H53Cl2N5O3. The van der Waals surface area contributed by atoms with E-state index in [2.05, 4.69) is 38.2 Å². The van der Waals surface area contributed by atoms with Gasteiger partial charge in [-0.3, -0.25) is 9.78 Å². The minimum Gasteiger partial charge on any atom is -0.490 e. The highest BCUT2D eigenvalue weighted by Gasteiger charge is 2.40. The van der Waals surface area contributed by atoms with Gasteiger partial charge in [-0.25, -0.2) is 4.79 Å². The number of carbonyl (C=O) groups is 2. The molecule has 5 rings (SSSR count). The first kappa shape index (κ1) is 35.7. The number of benzene rings is 1. The highest BCUT2D eigenvalue weighted by atomic mass is 35.5. The summed E-state index contributed by atoms with van der Waals surface area (Å²) in [7, 11) is 4.15. The number of aromatic nitrogens is 1. The van der Waals surface area contributed by atoms with E-state index in [4.69, 9.17) is 32.9 Å². The average molecular weight is 687 g/mol. The Kier molecular flexibility index (Phi) is 12.3. The number of pyridine rings is 1. The van der Waals surface area contributed by atoms with E-state index < -0.39 is 6.04 Å². The molecule has 3 fully saturated rings. The van der Waals surface area contributed by atoms with Gasteiger partial charge in [0.15, 0.2) is 0 Å². The summed E-state index contributed by atoms with van der Waals surface area (Å²) in [5, 5.41) is 4.17. The lowest BCUT2D eigenvalue weighted by molar-refractivity contribution is -0.134. The van der Waals surface area contributed by atoms with Crippen LogP contribution < -0.4 is 10.1 Å². The summed E-state index contributed by atoms with van der Waals surface area (Å²) >= 11 is 12.7. The molecule has 3 aliphatic rings. The third-order valence-electron chi connectivity index (χ3n) is 10.9. The summed E-state index contributed by atoms with van der Waals surface area (Å²) in [5.41, 5.74) is 2.09. The molecule has 8 nitrogen and oxygen atoms in total. The summed E-state index contributed by atoms with van der Waals surface area (Å²) in [6.45, 7) is 7.68. The van der Waals surface area contributed by atoms with Crippen molar-refractivity contribution < 1.29 is 14.3 Å². The van der Waals surface area contributed by atoms with E-state index in [1.807, 2.05) is 34.2 Å². The molecule has 1 N–H and O–H groups in total. The number of carbonyl (C=O) groups excluding carboxylic acids is 2. The molecule has 0 radical (unpaired) electrons. The molecule has 1 aliphatic carbocycles. The van der Waals surface area contributed by atoms with Gasteiger partial charge in [-0.15, -0.1) is 0 Å². The first-order valence-corrected chi connectivity index (χ1v) is 18.4. The molecule has 2 aromatic rings. The highest BCUT2D eigenvalue weighted by Crippen LogP contribution is 2.47. The monoisotopic (exact) mass is 685 g/mol. The second kappa shape index (κ2) is 16.2. The van der Waals surface area contributed by atoms with Crippen molar-refractivity contribution in [1.82, 2.24) is 25.0 Å². The quantitative estimate of drug-likeness (QED) is 0.237. The summed E-state index contributed by atoms with van der Waals surface area (Å²) in [6, 6.07) is 8.66. The van der Waals surface area contributed by atoms with Gasteiger partial charge in [0.25, 0.3) is 0 Å². The van der Waals surface area contributed by atoms with Crippen LogP contribution in [0, 0.1) is 11.3 Å². The number of likely N-dealkylation sites (N-methyl/N-ethyl adjacent to an activating group) is 1. The van der Waals surface area contributed by atoms with E-state index >= 15 is 0 Å². The number of halogens is 2. The van der Waals surface area contributed by atoms with Gasteiger partial charge < -0.3 is 24.8 Å². The van der Waals surface area contributed by atoms with Crippen molar-refractivity contribution in [2.75, 3.05) is 46.9 Å². The van der Waals surface area contributed by atoms with E-state index in [0.717, 1.165) is 74.5 Å². The Morgan fingerprint density at radius 2 is 1.77 bits per heavy atom. The van der Waals surface area contributed by atoms with E-state index in [-0.39, 0.29) is 17.9 Å². The molecule has 1 aromatic carbocycles. The Hall–Kier alpha value is -2.55. The van der Waals surface area contributed by atoms with Gasteiger partial charge in [-0.2, -0.15) is 0 Å². The van der Waals surface area contributed by atoms with Gasteiger partial charge in [0.2, 0.25) is 5.91 Å². The number of rotatable bonds is 13. The van der Waals surface area contributed by atoms with Crippen LogP contribution in [-0.4, -0.2) is 90.6 Å². The van der Waals surface area contributed by atoms with E-state index in [9.17, 15) is 9.59 Å². The maximum absolute atomic E-state index is 14.1. The van der Waals surface area contributed by atoms with Crippen molar-refractivity contribution >= 4 is 35.1 Å². The largest absolute Gasteiger partial charge is 0.490 e. The molecule has 0 bridgehead atoms. The first-order valence-electron chi connectivity index (χ1n) is 17.6. The van der Waals surface area contributed by atoms with Crippen LogP contribution in [0.15, 0.2) is 36.5 Å². The summed E-state index contributed by atoms with van der Waals surface area (Å²) < 4.78 is 6.29. The molecule has 258 valence electrons. The van der Waals surface area contributed by atoms with Gasteiger partial charge in [0, 0.05) is 60.8 Å². The van der Waals surface area contributed by atoms with Crippen LogP contribution in [0.4, 0.5) is 4.79 Å². The number of nitrogens with zero attached hydrogens (tertiary/aromatic N) is 4. The fourth-order valence-corrected chi connectivity index (χ4v) is 7.90. The van der Waals surface area contributed by atoms with Crippen LogP contribution in [0.3, 0.4) is 0 Å². The van der Waals surface area contributed by atoms with E-state index in [0.29, 0.717) is 47.6 Å². The fraction of sp³-hybridized carbons (Fsp3) is 0.649. The van der Waals surface area contributed by atoms with Crippen molar-refractivity contribution in [2.45, 2.75) is 96.1 Å². The number of piperidine rings is 2. The fourth-order valence-electron chi connectivity index (χ4n) is 7.41. The number of hydrogen-bond donors (Lipinski definition) is 1. The molecule has 10 heteroatoms. The first-order chi connectivity index (χ1) is 22.6. The van der Waals surface area contributed by atoms with Crippen LogP contribution in [-0.2, 0) is 11.2 Å². The van der Waals surface area contributed by atoms with Crippen LogP contribution in [0.25, 0.3) is 0 Å². The van der Waals surface area contributed by atoms with E-state index in [1.165, 1.54) is 19.3 Å². The molecule has 1 aromatic heterocycles. The van der Waals surface area contributed by atoms with Crippen LogP contribution in [0.1, 0.15) is 88.8 Å². The molecule has 0 spiro atoms. The highest BCUT2D eigenvalue weighted by molar-refractivity contribution is 6.35.